The minimum Gasteiger partial charge on any atom is -0.493 e. The third kappa shape index (κ3) is 4.11. The number of carbonyl (C=O) groups is 1. The Bertz CT molecular complexity index is 1160. The highest BCUT2D eigenvalue weighted by Crippen LogP contribution is 2.45. The van der Waals surface area contributed by atoms with Gasteiger partial charge in [0, 0.05) is 36.3 Å². The predicted molar refractivity (Wildman–Crippen MR) is 121 cm³/mol. The van der Waals surface area contributed by atoms with E-state index >= 15 is 0 Å². The molecule has 1 aliphatic carbocycles. The Labute approximate surface area is 185 Å². The van der Waals surface area contributed by atoms with Gasteiger partial charge in [0.1, 0.15) is 5.82 Å². The molecule has 1 aromatic heterocycles. The van der Waals surface area contributed by atoms with Crippen LogP contribution in [0, 0.1) is 5.82 Å². The van der Waals surface area contributed by atoms with Crippen LogP contribution in [0.5, 0.6) is 11.5 Å². The molecule has 4 rings (SSSR count). The van der Waals surface area contributed by atoms with Crippen LogP contribution in [0.15, 0.2) is 36.4 Å². The van der Waals surface area contributed by atoms with E-state index in [2.05, 4.69) is 15.7 Å². The summed E-state index contributed by atoms with van der Waals surface area (Å²) in [5, 5.41) is 10.6. The summed E-state index contributed by atoms with van der Waals surface area (Å²) in [7, 11) is 7.04. The van der Waals surface area contributed by atoms with Gasteiger partial charge < -0.3 is 25.0 Å². The number of likely N-dealkylation sites (N-methyl/N-ethyl adjacent to an activating group) is 1. The zero-order valence-corrected chi connectivity index (χ0v) is 18.5. The van der Waals surface area contributed by atoms with Gasteiger partial charge >= 0.3 is 6.03 Å². The number of anilines is 2. The van der Waals surface area contributed by atoms with Gasteiger partial charge in [-0.25, -0.2) is 9.18 Å². The number of ether oxygens (including phenoxy) is 2. The molecule has 1 amide bonds. The summed E-state index contributed by atoms with van der Waals surface area (Å²) in [6.07, 6.45) is 0.549. The second-order valence-electron chi connectivity index (χ2n) is 7.80. The second kappa shape index (κ2) is 8.88. The average molecular weight is 439 g/mol. The lowest BCUT2D eigenvalue weighted by Gasteiger charge is -2.13. The molecule has 2 aromatic carbocycles. The van der Waals surface area contributed by atoms with Crippen molar-refractivity contribution in [3.8, 4) is 22.8 Å². The first-order chi connectivity index (χ1) is 15.4. The van der Waals surface area contributed by atoms with E-state index in [0.717, 1.165) is 16.7 Å². The molecule has 9 heteroatoms. The van der Waals surface area contributed by atoms with Crippen molar-refractivity contribution >= 4 is 17.5 Å². The van der Waals surface area contributed by atoms with Gasteiger partial charge in [-0.3, -0.25) is 0 Å². The predicted octanol–water partition coefficient (Wildman–Crippen LogP) is 3.47. The van der Waals surface area contributed by atoms with Gasteiger partial charge in [-0.2, -0.15) is 4.68 Å². The Morgan fingerprint density at radius 3 is 2.62 bits per heavy atom. The standard InChI is InChI=1S/C23H26FN5O3/c1-28(2)9-8-25-23(30)29-21-17-13-20(32-4)19(31-3)11-14(17)10-18(21)22(27-29)26-16-7-5-6-15(24)12-16/h5-7,11-13H,8-10H2,1-4H3,(H,25,30)(H,26,27). The number of amides is 1. The van der Waals surface area contributed by atoms with E-state index in [4.69, 9.17) is 9.47 Å². The number of aromatic nitrogens is 2. The Balaban J connectivity index is 1.76. The summed E-state index contributed by atoms with van der Waals surface area (Å²) >= 11 is 0. The van der Waals surface area contributed by atoms with Crippen molar-refractivity contribution in [2.75, 3.05) is 46.7 Å². The van der Waals surface area contributed by atoms with Crippen LogP contribution < -0.4 is 20.1 Å². The van der Waals surface area contributed by atoms with Crippen molar-refractivity contribution in [3.05, 3.63) is 53.3 Å². The number of nitrogens with one attached hydrogen (secondary N) is 2. The molecule has 32 heavy (non-hydrogen) atoms. The number of nitrogens with zero attached hydrogens (tertiary/aromatic N) is 3. The van der Waals surface area contributed by atoms with Crippen molar-refractivity contribution in [1.29, 1.82) is 0 Å². The van der Waals surface area contributed by atoms with Crippen LogP contribution in [0.1, 0.15) is 11.1 Å². The highest BCUT2D eigenvalue weighted by atomic mass is 19.1. The van der Waals surface area contributed by atoms with Crippen LogP contribution in [-0.4, -0.2) is 62.1 Å². The van der Waals surface area contributed by atoms with E-state index < -0.39 is 0 Å². The largest absolute Gasteiger partial charge is 0.493 e. The van der Waals surface area contributed by atoms with E-state index in [1.54, 1.807) is 26.4 Å². The number of hydrogen-bond donors (Lipinski definition) is 2. The van der Waals surface area contributed by atoms with Gasteiger partial charge in [-0.1, -0.05) is 6.07 Å². The molecule has 0 aliphatic heterocycles. The lowest BCUT2D eigenvalue weighted by Crippen LogP contribution is -2.35. The maximum Gasteiger partial charge on any atom is 0.342 e. The maximum absolute atomic E-state index is 13.7. The van der Waals surface area contributed by atoms with E-state index in [-0.39, 0.29) is 11.8 Å². The first-order valence-electron chi connectivity index (χ1n) is 10.2. The summed E-state index contributed by atoms with van der Waals surface area (Å²) in [5.74, 6) is 1.33. The zero-order chi connectivity index (χ0) is 22.8. The van der Waals surface area contributed by atoms with Gasteiger partial charge in [0.2, 0.25) is 0 Å². The van der Waals surface area contributed by atoms with Crippen LogP contribution in [-0.2, 0) is 6.42 Å². The third-order valence-electron chi connectivity index (χ3n) is 5.33. The van der Waals surface area contributed by atoms with Crippen LogP contribution in [0.2, 0.25) is 0 Å². The van der Waals surface area contributed by atoms with Crippen LogP contribution in [0.3, 0.4) is 0 Å². The highest BCUT2D eigenvalue weighted by Gasteiger charge is 2.31. The number of rotatable bonds is 7. The maximum atomic E-state index is 13.7. The van der Waals surface area contributed by atoms with Crippen molar-refractivity contribution in [2.24, 2.45) is 0 Å². The molecule has 0 unspecified atom stereocenters. The molecule has 3 aromatic rings. The first-order valence-corrected chi connectivity index (χ1v) is 10.2. The Morgan fingerprint density at radius 1 is 1.19 bits per heavy atom. The number of methoxy groups -OCH3 is 2. The molecule has 168 valence electrons. The molecule has 0 saturated heterocycles. The molecule has 0 radical (unpaired) electrons. The summed E-state index contributed by atoms with van der Waals surface area (Å²) < 4.78 is 26.0. The molecule has 2 N–H and O–H groups in total. The van der Waals surface area contributed by atoms with E-state index in [9.17, 15) is 9.18 Å². The molecule has 0 bridgehead atoms. The molecule has 1 heterocycles. The minimum atomic E-state index is -0.356. The fourth-order valence-corrected chi connectivity index (χ4v) is 3.78. The van der Waals surface area contributed by atoms with Gasteiger partial charge in [0.05, 0.1) is 19.9 Å². The summed E-state index contributed by atoms with van der Waals surface area (Å²) in [4.78, 5) is 15.0. The van der Waals surface area contributed by atoms with Crippen LogP contribution in [0.4, 0.5) is 20.7 Å². The van der Waals surface area contributed by atoms with E-state index in [1.165, 1.54) is 16.8 Å². The quantitative estimate of drug-likeness (QED) is 0.459. The number of halogens is 1. The van der Waals surface area contributed by atoms with Gasteiger partial charge in [0.15, 0.2) is 17.3 Å². The molecule has 8 nitrogen and oxygen atoms in total. The number of benzene rings is 2. The highest BCUT2D eigenvalue weighted by molar-refractivity contribution is 5.90. The topological polar surface area (TPSA) is 80.6 Å². The Hall–Kier alpha value is -3.59. The SMILES string of the molecule is COc1cc2c(cc1OC)-c1c(c(Nc3cccc(F)c3)nn1C(=O)NCCN(C)C)C2. The van der Waals surface area contributed by atoms with E-state index in [0.29, 0.717) is 48.2 Å². The van der Waals surface area contributed by atoms with Crippen molar-refractivity contribution < 1.29 is 18.7 Å². The molecule has 0 atom stereocenters. The molecule has 0 saturated carbocycles. The van der Waals surface area contributed by atoms with Crippen molar-refractivity contribution in [1.82, 2.24) is 20.0 Å². The second-order valence-corrected chi connectivity index (χ2v) is 7.80. The third-order valence-corrected chi connectivity index (χ3v) is 5.33. The molecule has 1 aliphatic rings. The first kappa shape index (κ1) is 21.6. The lowest BCUT2D eigenvalue weighted by molar-refractivity contribution is 0.238. The van der Waals surface area contributed by atoms with Gasteiger partial charge in [-0.05, 0) is 50.0 Å². The molecule has 0 spiro atoms. The van der Waals surface area contributed by atoms with Crippen LogP contribution in [0.25, 0.3) is 11.3 Å². The minimum absolute atomic E-state index is 0.335. The normalized spacial score (nSPS) is 11.8. The Kier molecular flexibility index (Phi) is 6.00. The lowest BCUT2D eigenvalue weighted by atomic mass is 10.1. The van der Waals surface area contributed by atoms with Crippen molar-refractivity contribution in [3.63, 3.8) is 0 Å². The van der Waals surface area contributed by atoms with Gasteiger partial charge in [-0.15, -0.1) is 5.10 Å². The number of fused-ring (bicyclic) bond motifs is 3. The fourth-order valence-electron chi connectivity index (χ4n) is 3.78. The van der Waals surface area contributed by atoms with Crippen LogP contribution >= 0.6 is 0 Å². The molecular weight excluding hydrogens is 413 g/mol. The monoisotopic (exact) mass is 439 g/mol. The summed E-state index contributed by atoms with van der Waals surface area (Å²) in [6, 6.07) is 9.56. The zero-order valence-electron chi connectivity index (χ0n) is 18.5. The Morgan fingerprint density at radius 2 is 1.94 bits per heavy atom. The average Bonchev–Trinajstić information content (AvgIpc) is 3.29. The van der Waals surface area contributed by atoms with E-state index in [1.807, 2.05) is 31.1 Å². The smallest absolute Gasteiger partial charge is 0.342 e. The van der Waals surface area contributed by atoms with Gasteiger partial charge in [0.25, 0.3) is 0 Å². The fraction of sp³-hybridized carbons (Fsp3) is 0.304. The number of carbonyl (C=O) groups excluding carboxylic acids is 1. The van der Waals surface area contributed by atoms with Crippen molar-refractivity contribution in [2.45, 2.75) is 6.42 Å². The molecule has 0 fully saturated rings. The molecular formula is C23H26FN5O3. The summed E-state index contributed by atoms with van der Waals surface area (Å²) in [5.41, 5.74) is 3.92. The number of hydrogen-bond acceptors (Lipinski definition) is 6. The summed E-state index contributed by atoms with van der Waals surface area (Å²) in [6.45, 7) is 1.18.